The molecule has 0 heterocycles. The molecule has 0 saturated heterocycles. The molecule has 0 fully saturated rings. The van der Waals surface area contributed by atoms with Crippen LogP contribution in [0.2, 0.25) is 0 Å². The zero-order valence-corrected chi connectivity index (χ0v) is 18.9. The molecular formula is C24H26N6O6. The van der Waals surface area contributed by atoms with E-state index in [4.69, 9.17) is 33.4 Å². The number of hydrogen-bond acceptors (Lipinski definition) is 10. The first-order chi connectivity index (χ1) is 17.0. The molecule has 188 valence electrons. The Bertz CT molecular complexity index is 1320. The molecule has 1 aliphatic rings. The van der Waals surface area contributed by atoms with Crippen molar-refractivity contribution in [2.24, 2.45) is 23.2 Å². The second-order valence-corrected chi connectivity index (χ2v) is 7.88. The van der Waals surface area contributed by atoms with Crippen LogP contribution in [0.15, 0.2) is 78.3 Å². The molecule has 3 rings (SSSR count). The van der Waals surface area contributed by atoms with Gasteiger partial charge in [-0.15, -0.1) is 0 Å². The third-order valence-electron chi connectivity index (χ3n) is 5.39. The summed E-state index contributed by atoms with van der Waals surface area (Å²) in [6, 6.07) is 10.7. The number of aromatic hydroxyl groups is 1. The van der Waals surface area contributed by atoms with Crippen LogP contribution < -0.4 is 28.2 Å². The molecule has 1 unspecified atom stereocenters. The van der Waals surface area contributed by atoms with Crippen molar-refractivity contribution in [1.29, 1.82) is 0 Å². The van der Waals surface area contributed by atoms with Crippen LogP contribution in [0.1, 0.15) is 27.9 Å². The van der Waals surface area contributed by atoms with E-state index in [1.807, 2.05) is 0 Å². The second kappa shape index (κ2) is 10.7. The molecule has 0 radical (unpaired) electrons. The Hall–Kier alpha value is -4.78. The number of aliphatic hydroxyl groups excluding tert-OH is 1. The summed E-state index contributed by atoms with van der Waals surface area (Å²) < 4.78 is 0. The van der Waals surface area contributed by atoms with Gasteiger partial charge in [0.1, 0.15) is 11.3 Å². The Balaban J connectivity index is 1.80. The number of nitrogens with zero attached hydrogens (tertiary/aromatic N) is 2. The van der Waals surface area contributed by atoms with Gasteiger partial charge in [0.25, 0.3) is 0 Å². The minimum atomic E-state index is -1.27. The number of allylic oxidation sites excluding steroid dienone is 2. The second-order valence-electron chi connectivity index (χ2n) is 7.88. The zero-order chi connectivity index (χ0) is 26.6. The van der Waals surface area contributed by atoms with Crippen LogP contribution in [0.3, 0.4) is 0 Å². The highest BCUT2D eigenvalue weighted by molar-refractivity contribution is 5.91. The van der Waals surface area contributed by atoms with Gasteiger partial charge < -0.3 is 31.9 Å². The first kappa shape index (κ1) is 25.8. The largest absolute Gasteiger partial charge is 0.507 e. The highest BCUT2D eigenvalue weighted by Gasteiger charge is 2.23. The van der Waals surface area contributed by atoms with Gasteiger partial charge in [-0.1, -0.05) is 18.2 Å². The van der Waals surface area contributed by atoms with E-state index in [0.717, 1.165) is 5.01 Å². The van der Waals surface area contributed by atoms with Crippen molar-refractivity contribution in [3.05, 3.63) is 95.0 Å². The predicted octanol–water partition coefficient (Wildman–Crippen LogP) is 0.820. The molecular weight excluding hydrogens is 468 g/mol. The Morgan fingerprint density at radius 1 is 0.889 bits per heavy atom. The van der Waals surface area contributed by atoms with Crippen molar-refractivity contribution < 1.29 is 30.0 Å². The quantitative estimate of drug-likeness (QED) is 0.188. The van der Waals surface area contributed by atoms with Crippen LogP contribution in [0, 0.1) is 0 Å². The Morgan fingerprint density at radius 3 is 2.03 bits per heavy atom. The normalized spacial score (nSPS) is 16.1. The molecule has 0 saturated carbocycles. The molecule has 0 amide bonds. The fraction of sp³-hybridized carbons (Fsp3) is 0.0833. The lowest BCUT2D eigenvalue weighted by atomic mass is 9.99. The van der Waals surface area contributed by atoms with Gasteiger partial charge in [-0.3, -0.25) is 10.0 Å². The van der Waals surface area contributed by atoms with Crippen LogP contribution in [-0.2, 0) is 4.79 Å². The molecule has 12 N–H and O–H groups in total. The summed E-state index contributed by atoms with van der Waals surface area (Å²) in [5.41, 5.74) is 14.4. The molecule has 0 bridgehead atoms. The van der Waals surface area contributed by atoms with Gasteiger partial charge >= 0.3 is 11.9 Å². The van der Waals surface area contributed by atoms with Crippen molar-refractivity contribution in [3.8, 4) is 5.75 Å². The van der Waals surface area contributed by atoms with E-state index in [2.05, 4.69) is 0 Å². The number of aliphatic hydroxyl groups is 1. The smallest absolute Gasteiger partial charge is 0.339 e. The van der Waals surface area contributed by atoms with Gasteiger partial charge in [-0.25, -0.2) is 21.3 Å². The molecule has 0 spiro atoms. The SMILES string of the molecule is N/C(=C\N(N)C1=CC=C(C(=O)O)C(O)C1)c1cccc(/C(N)=C/N(N)c2ccc(C(=O)O)c(O)c2)c1. The summed E-state index contributed by atoms with van der Waals surface area (Å²) in [4.78, 5) is 22.2. The van der Waals surface area contributed by atoms with Crippen LogP contribution in [0.25, 0.3) is 11.4 Å². The summed E-state index contributed by atoms with van der Waals surface area (Å²) in [6.45, 7) is 0. The number of benzene rings is 2. The average Bonchev–Trinajstić information content (AvgIpc) is 2.83. The third-order valence-corrected chi connectivity index (χ3v) is 5.39. The van der Waals surface area contributed by atoms with Crippen LogP contribution >= 0.6 is 0 Å². The molecule has 1 aliphatic carbocycles. The monoisotopic (exact) mass is 494 g/mol. The maximum absolute atomic E-state index is 11.1. The molecule has 1 atom stereocenters. The minimum absolute atomic E-state index is 0.00344. The number of aromatic carboxylic acids is 1. The number of aliphatic carboxylic acids is 1. The summed E-state index contributed by atoms with van der Waals surface area (Å²) in [5, 5.41) is 40.3. The molecule has 2 aromatic rings. The van der Waals surface area contributed by atoms with E-state index in [0.29, 0.717) is 22.5 Å². The molecule has 2 aromatic carbocycles. The van der Waals surface area contributed by atoms with Crippen LogP contribution in [0.5, 0.6) is 5.75 Å². The van der Waals surface area contributed by atoms with Gasteiger partial charge in [0, 0.05) is 30.6 Å². The molecule has 0 aromatic heterocycles. The topological polar surface area (TPSA) is 226 Å². The van der Waals surface area contributed by atoms with Gasteiger partial charge in [-0.2, -0.15) is 0 Å². The number of carbonyl (C=O) groups is 2. The van der Waals surface area contributed by atoms with E-state index in [-0.39, 0.29) is 29.0 Å². The van der Waals surface area contributed by atoms with E-state index < -0.39 is 23.8 Å². The lowest BCUT2D eigenvalue weighted by Gasteiger charge is -2.24. The van der Waals surface area contributed by atoms with Crippen molar-refractivity contribution in [3.63, 3.8) is 0 Å². The van der Waals surface area contributed by atoms with Gasteiger partial charge in [-0.05, 0) is 41.5 Å². The Morgan fingerprint density at radius 2 is 1.50 bits per heavy atom. The maximum Gasteiger partial charge on any atom is 0.339 e. The average molecular weight is 495 g/mol. The first-order valence-corrected chi connectivity index (χ1v) is 10.5. The number of phenols is 1. The molecule has 12 nitrogen and oxygen atoms in total. The fourth-order valence-corrected chi connectivity index (χ4v) is 3.42. The third kappa shape index (κ3) is 5.82. The van der Waals surface area contributed by atoms with E-state index >= 15 is 0 Å². The number of hydrazine groups is 2. The summed E-state index contributed by atoms with van der Waals surface area (Å²) in [6.07, 6.45) is 4.41. The Labute approximate surface area is 205 Å². The maximum atomic E-state index is 11.1. The number of nitrogens with two attached hydrogens (primary N) is 4. The molecule has 12 heteroatoms. The van der Waals surface area contributed by atoms with Crippen LogP contribution in [0.4, 0.5) is 5.69 Å². The number of anilines is 1. The van der Waals surface area contributed by atoms with Crippen LogP contribution in [-0.4, -0.2) is 43.5 Å². The van der Waals surface area contributed by atoms with Crippen molar-refractivity contribution >= 4 is 29.0 Å². The lowest BCUT2D eigenvalue weighted by Crippen LogP contribution is -2.31. The summed E-state index contributed by atoms with van der Waals surface area (Å²) in [7, 11) is 0. The molecule has 36 heavy (non-hydrogen) atoms. The summed E-state index contributed by atoms with van der Waals surface area (Å²) in [5.74, 6) is 9.13. The highest BCUT2D eigenvalue weighted by atomic mass is 16.4. The predicted molar refractivity (Wildman–Crippen MR) is 133 cm³/mol. The number of carboxylic acid groups (broad SMARTS) is 2. The first-order valence-electron chi connectivity index (χ1n) is 10.5. The minimum Gasteiger partial charge on any atom is -0.507 e. The lowest BCUT2D eigenvalue weighted by molar-refractivity contribution is -0.133. The zero-order valence-electron chi connectivity index (χ0n) is 18.9. The summed E-state index contributed by atoms with van der Waals surface area (Å²) >= 11 is 0. The molecule has 0 aliphatic heterocycles. The van der Waals surface area contributed by atoms with Gasteiger partial charge in [0.15, 0.2) is 0 Å². The fourth-order valence-electron chi connectivity index (χ4n) is 3.42. The van der Waals surface area contributed by atoms with E-state index in [9.17, 15) is 19.8 Å². The van der Waals surface area contributed by atoms with E-state index in [1.165, 1.54) is 47.8 Å². The standard InChI is InChI=1S/C24H26N6O6/c25-19(11-29(27)15-4-6-17(23(33)34)21(31)9-15)13-2-1-3-14(8-13)20(26)12-30(28)16-5-7-18(24(35)36)22(32)10-16/h1-9,11-12,22,31-32H,10,25-28H2,(H,33,34)(H,35,36)/b19-11-,20-12-. The number of hydrogen-bond donors (Lipinski definition) is 8. The van der Waals surface area contributed by atoms with Crippen molar-refractivity contribution in [2.75, 3.05) is 5.01 Å². The number of carboxylic acids is 2. The van der Waals surface area contributed by atoms with Gasteiger partial charge in [0.2, 0.25) is 0 Å². The Kier molecular flexibility index (Phi) is 7.64. The van der Waals surface area contributed by atoms with E-state index in [1.54, 1.807) is 24.3 Å². The highest BCUT2D eigenvalue weighted by Crippen LogP contribution is 2.25. The van der Waals surface area contributed by atoms with Crippen molar-refractivity contribution in [1.82, 2.24) is 5.01 Å². The van der Waals surface area contributed by atoms with Gasteiger partial charge in [0.05, 0.1) is 28.8 Å². The number of rotatable bonds is 8. The van der Waals surface area contributed by atoms with Crippen molar-refractivity contribution in [2.45, 2.75) is 12.5 Å².